The fraction of sp³-hybridized carbons (Fsp3) is 0.200. The molecule has 1 aromatic carbocycles. The lowest BCUT2D eigenvalue weighted by atomic mass is 10.1. The van der Waals surface area contributed by atoms with E-state index in [-0.39, 0.29) is 0 Å². The Morgan fingerprint density at radius 1 is 1.00 bits per heavy atom. The van der Waals surface area contributed by atoms with Gasteiger partial charge >= 0.3 is 0 Å². The maximum atomic E-state index is 2.24. The summed E-state index contributed by atoms with van der Waals surface area (Å²) in [5, 5.41) is 0. The summed E-state index contributed by atoms with van der Waals surface area (Å²) in [6, 6.07) is 10.6. The molecule has 1 aliphatic rings. The molecule has 0 bridgehead atoms. The van der Waals surface area contributed by atoms with Gasteiger partial charge in [0.25, 0.3) is 0 Å². The van der Waals surface area contributed by atoms with Gasteiger partial charge in [-0.15, -0.1) is 0 Å². The first-order chi connectivity index (χ1) is 4.95. The van der Waals surface area contributed by atoms with Crippen LogP contribution < -0.4 is 0 Å². The maximum absolute atomic E-state index is 2.24. The monoisotopic (exact) mass is 130 g/mol. The molecule has 0 saturated carbocycles. The van der Waals surface area contributed by atoms with Crippen molar-refractivity contribution in [1.29, 1.82) is 0 Å². The third kappa shape index (κ3) is 1.27. The predicted molar refractivity (Wildman–Crippen MR) is 42.8 cm³/mol. The third-order valence-corrected chi connectivity index (χ3v) is 1.78. The number of benzene rings is 1. The molecule has 0 heterocycles. The SMILES string of the molecule is C1=CC1Cc1ccccc1. The Labute approximate surface area is 61.2 Å². The normalized spacial score (nSPS) is 15.6. The molecule has 0 nitrogen and oxygen atoms in total. The molecule has 0 aliphatic heterocycles. The van der Waals surface area contributed by atoms with Crippen molar-refractivity contribution in [1.82, 2.24) is 0 Å². The Morgan fingerprint density at radius 3 is 2.30 bits per heavy atom. The highest BCUT2D eigenvalue weighted by Gasteiger charge is 2.10. The summed E-state index contributed by atoms with van der Waals surface area (Å²) in [7, 11) is 0. The van der Waals surface area contributed by atoms with Crippen molar-refractivity contribution in [3.63, 3.8) is 0 Å². The smallest absolute Gasteiger partial charge is 0.00126 e. The van der Waals surface area contributed by atoms with Gasteiger partial charge < -0.3 is 0 Å². The lowest BCUT2D eigenvalue weighted by Gasteiger charge is -1.96. The maximum Gasteiger partial charge on any atom is -0.00126 e. The molecule has 0 amide bonds. The van der Waals surface area contributed by atoms with Gasteiger partial charge in [-0.25, -0.2) is 0 Å². The molecule has 1 aromatic rings. The van der Waals surface area contributed by atoms with Gasteiger partial charge in [0.2, 0.25) is 0 Å². The highest BCUT2D eigenvalue weighted by atomic mass is 14.1. The van der Waals surface area contributed by atoms with E-state index in [1.54, 1.807) is 0 Å². The van der Waals surface area contributed by atoms with Gasteiger partial charge in [-0.1, -0.05) is 42.5 Å². The second-order valence-corrected chi connectivity index (χ2v) is 2.74. The minimum Gasteiger partial charge on any atom is -0.0807 e. The van der Waals surface area contributed by atoms with Crippen LogP contribution in [0.25, 0.3) is 0 Å². The van der Waals surface area contributed by atoms with Crippen molar-refractivity contribution >= 4 is 0 Å². The molecule has 2 rings (SSSR count). The number of hydrogen-bond donors (Lipinski definition) is 0. The molecule has 0 fully saturated rings. The van der Waals surface area contributed by atoms with E-state index in [1.165, 1.54) is 12.0 Å². The van der Waals surface area contributed by atoms with Crippen molar-refractivity contribution in [3.8, 4) is 0 Å². The Kier molecular flexibility index (Phi) is 1.31. The van der Waals surface area contributed by atoms with E-state index in [1.807, 2.05) is 0 Å². The van der Waals surface area contributed by atoms with Crippen molar-refractivity contribution in [3.05, 3.63) is 48.0 Å². The largest absolute Gasteiger partial charge is 0.0807 e. The molecule has 0 aromatic heterocycles. The standard InChI is InChI=1S/C10H10/c1-2-4-9(5-3-1)8-10-6-7-10/h1-7,10H,8H2. The van der Waals surface area contributed by atoms with Crippen LogP contribution >= 0.6 is 0 Å². The van der Waals surface area contributed by atoms with Gasteiger partial charge in [-0.05, 0) is 17.9 Å². The Balaban J connectivity index is 2.04. The van der Waals surface area contributed by atoms with Crippen LogP contribution in [0, 0.1) is 5.92 Å². The van der Waals surface area contributed by atoms with Crippen molar-refractivity contribution in [2.75, 3.05) is 0 Å². The van der Waals surface area contributed by atoms with Crippen LogP contribution in [0.1, 0.15) is 5.56 Å². The van der Waals surface area contributed by atoms with Crippen LogP contribution in [0.2, 0.25) is 0 Å². The van der Waals surface area contributed by atoms with Gasteiger partial charge in [-0.2, -0.15) is 0 Å². The van der Waals surface area contributed by atoms with Gasteiger partial charge in [0, 0.05) is 0 Å². The van der Waals surface area contributed by atoms with Crippen molar-refractivity contribution < 1.29 is 0 Å². The zero-order valence-electron chi connectivity index (χ0n) is 5.83. The second kappa shape index (κ2) is 2.30. The summed E-state index contributed by atoms with van der Waals surface area (Å²) in [6.45, 7) is 0. The van der Waals surface area contributed by atoms with Crippen LogP contribution in [0.4, 0.5) is 0 Å². The van der Waals surface area contributed by atoms with Crippen LogP contribution in [-0.4, -0.2) is 0 Å². The van der Waals surface area contributed by atoms with E-state index in [9.17, 15) is 0 Å². The summed E-state index contributed by atoms with van der Waals surface area (Å²) >= 11 is 0. The van der Waals surface area contributed by atoms with E-state index in [0.717, 1.165) is 5.92 Å². The molecule has 1 aliphatic carbocycles. The zero-order chi connectivity index (χ0) is 6.81. The van der Waals surface area contributed by atoms with E-state index in [4.69, 9.17) is 0 Å². The van der Waals surface area contributed by atoms with E-state index >= 15 is 0 Å². The van der Waals surface area contributed by atoms with Gasteiger partial charge in [0.05, 0.1) is 0 Å². The Bertz CT molecular complexity index is 227. The molecule has 0 atom stereocenters. The van der Waals surface area contributed by atoms with Crippen LogP contribution in [0.5, 0.6) is 0 Å². The lowest BCUT2D eigenvalue weighted by Crippen LogP contribution is -1.85. The molecule has 0 N–H and O–H groups in total. The van der Waals surface area contributed by atoms with Gasteiger partial charge in [0.15, 0.2) is 0 Å². The fourth-order valence-corrected chi connectivity index (χ4v) is 1.10. The Hall–Kier alpha value is -1.04. The minimum atomic E-state index is 0.766. The number of rotatable bonds is 2. The quantitative estimate of drug-likeness (QED) is 0.539. The number of hydrogen-bond acceptors (Lipinski definition) is 0. The van der Waals surface area contributed by atoms with Crippen molar-refractivity contribution in [2.45, 2.75) is 6.42 Å². The molecule has 10 heavy (non-hydrogen) atoms. The molecule has 0 heteroatoms. The number of allylic oxidation sites excluding steroid dienone is 2. The minimum absolute atomic E-state index is 0.766. The lowest BCUT2D eigenvalue weighted by molar-refractivity contribution is 0.903. The summed E-state index contributed by atoms with van der Waals surface area (Å²) in [5.74, 6) is 0.766. The average molecular weight is 130 g/mol. The average Bonchev–Trinajstić information content (AvgIpc) is 2.74. The van der Waals surface area contributed by atoms with E-state index in [0.29, 0.717) is 0 Å². The molecular weight excluding hydrogens is 120 g/mol. The van der Waals surface area contributed by atoms with Crippen LogP contribution in [-0.2, 0) is 6.42 Å². The highest BCUT2D eigenvalue weighted by Crippen LogP contribution is 2.20. The molecule has 50 valence electrons. The molecule has 0 spiro atoms. The highest BCUT2D eigenvalue weighted by molar-refractivity contribution is 5.23. The predicted octanol–water partition coefficient (Wildman–Crippen LogP) is 2.42. The van der Waals surface area contributed by atoms with E-state index < -0.39 is 0 Å². The van der Waals surface area contributed by atoms with Crippen LogP contribution in [0.15, 0.2) is 42.5 Å². The second-order valence-electron chi connectivity index (χ2n) is 2.74. The van der Waals surface area contributed by atoms with Gasteiger partial charge in [-0.3, -0.25) is 0 Å². The first kappa shape index (κ1) is 5.72. The Morgan fingerprint density at radius 2 is 1.70 bits per heavy atom. The van der Waals surface area contributed by atoms with Crippen molar-refractivity contribution in [2.24, 2.45) is 5.92 Å². The summed E-state index contributed by atoms with van der Waals surface area (Å²) in [5.41, 5.74) is 1.44. The summed E-state index contributed by atoms with van der Waals surface area (Å²) < 4.78 is 0. The topological polar surface area (TPSA) is 0 Å². The molecule has 0 radical (unpaired) electrons. The van der Waals surface area contributed by atoms with Crippen LogP contribution in [0.3, 0.4) is 0 Å². The van der Waals surface area contributed by atoms with E-state index in [2.05, 4.69) is 42.5 Å². The molecule has 0 saturated heterocycles. The molecular formula is C10H10. The third-order valence-electron chi connectivity index (χ3n) is 1.78. The first-order valence-corrected chi connectivity index (χ1v) is 3.67. The summed E-state index contributed by atoms with van der Waals surface area (Å²) in [6.07, 6.45) is 5.68. The fourth-order valence-electron chi connectivity index (χ4n) is 1.10. The van der Waals surface area contributed by atoms with Gasteiger partial charge in [0.1, 0.15) is 0 Å². The summed E-state index contributed by atoms with van der Waals surface area (Å²) in [4.78, 5) is 0. The molecule has 0 unspecified atom stereocenters. The first-order valence-electron chi connectivity index (χ1n) is 3.67. The zero-order valence-corrected chi connectivity index (χ0v) is 5.83.